The predicted octanol–water partition coefficient (Wildman–Crippen LogP) is 2.16. The summed E-state index contributed by atoms with van der Waals surface area (Å²) in [5.41, 5.74) is 12.5. The standard InChI is InChI=1S/C13H20N2O2.ClH/c1-10(16)17-12-6-4-5-11(9-12)13(15)7-2-3-8-14;/h4-6,9,13H,2-3,7-8,14-15H2,1H3;1H/t13-;/m1./s1. The molecule has 0 aliphatic carbocycles. The molecule has 0 radical (unpaired) electrons. The number of rotatable bonds is 6. The van der Waals surface area contributed by atoms with Crippen molar-refractivity contribution in [3.8, 4) is 5.75 Å². The van der Waals surface area contributed by atoms with Crippen LogP contribution in [0.5, 0.6) is 5.75 Å². The van der Waals surface area contributed by atoms with E-state index in [0.29, 0.717) is 12.3 Å². The third kappa shape index (κ3) is 6.00. The highest BCUT2D eigenvalue weighted by molar-refractivity contribution is 5.85. The van der Waals surface area contributed by atoms with Crippen LogP contribution in [0.4, 0.5) is 0 Å². The Labute approximate surface area is 114 Å². The maximum atomic E-state index is 10.8. The first-order valence-corrected chi connectivity index (χ1v) is 5.87. The molecule has 0 amide bonds. The maximum Gasteiger partial charge on any atom is 0.308 e. The van der Waals surface area contributed by atoms with Crippen molar-refractivity contribution in [1.29, 1.82) is 0 Å². The van der Waals surface area contributed by atoms with E-state index >= 15 is 0 Å². The Kier molecular flexibility index (Phi) is 8.37. The Bertz CT molecular complexity index is 372. The lowest BCUT2D eigenvalue weighted by Crippen LogP contribution is -2.11. The van der Waals surface area contributed by atoms with Gasteiger partial charge < -0.3 is 16.2 Å². The Hall–Kier alpha value is -1.10. The van der Waals surface area contributed by atoms with Crippen molar-refractivity contribution in [2.45, 2.75) is 32.2 Å². The quantitative estimate of drug-likeness (QED) is 0.473. The van der Waals surface area contributed by atoms with E-state index in [2.05, 4.69) is 0 Å². The maximum absolute atomic E-state index is 10.8. The Morgan fingerprint density at radius 3 is 2.72 bits per heavy atom. The highest BCUT2D eigenvalue weighted by Gasteiger charge is 2.07. The van der Waals surface area contributed by atoms with E-state index in [9.17, 15) is 4.79 Å². The Morgan fingerprint density at radius 2 is 2.11 bits per heavy atom. The number of carbonyl (C=O) groups is 1. The number of hydrogen-bond acceptors (Lipinski definition) is 4. The minimum absolute atomic E-state index is 0. The van der Waals surface area contributed by atoms with Gasteiger partial charge in [-0.25, -0.2) is 0 Å². The van der Waals surface area contributed by atoms with Crippen LogP contribution in [0.2, 0.25) is 0 Å². The lowest BCUT2D eigenvalue weighted by Gasteiger charge is -2.12. The zero-order valence-electron chi connectivity index (χ0n) is 10.6. The van der Waals surface area contributed by atoms with Gasteiger partial charge in [0.05, 0.1) is 0 Å². The first-order valence-electron chi connectivity index (χ1n) is 5.87. The van der Waals surface area contributed by atoms with E-state index < -0.39 is 0 Å². The zero-order valence-corrected chi connectivity index (χ0v) is 11.4. The summed E-state index contributed by atoms with van der Waals surface area (Å²) in [6.45, 7) is 2.08. The van der Waals surface area contributed by atoms with Gasteiger partial charge in [0, 0.05) is 13.0 Å². The Balaban J connectivity index is 0.00000289. The van der Waals surface area contributed by atoms with Crippen LogP contribution in [-0.2, 0) is 4.79 Å². The highest BCUT2D eigenvalue weighted by atomic mass is 35.5. The number of hydrogen-bond donors (Lipinski definition) is 2. The second kappa shape index (κ2) is 8.91. The Morgan fingerprint density at radius 1 is 1.39 bits per heavy atom. The van der Waals surface area contributed by atoms with Gasteiger partial charge >= 0.3 is 5.97 Å². The molecule has 1 rings (SSSR count). The number of nitrogens with two attached hydrogens (primary N) is 2. The summed E-state index contributed by atoms with van der Waals surface area (Å²) in [7, 11) is 0. The average Bonchev–Trinajstić information content (AvgIpc) is 2.28. The lowest BCUT2D eigenvalue weighted by atomic mass is 10.0. The van der Waals surface area contributed by atoms with E-state index in [1.165, 1.54) is 6.92 Å². The van der Waals surface area contributed by atoms with Crippen molar-refractivity contribution in [2.24, 2.45) is 11.5 Å². The normalized spacial score (nSPS) is 11.5. The van der Waals surface area contributed by atoms with E-state index in [1.54, 1.807) is 6.07 Å². The predicted molar refractivity (Wildman–Crippen MR) is 74.8 cm³/mol. The van der Waals surface area contributed by atoms with Crippen LogP contribution in [0.3, 0.4) is 0 Å². The molecule has 5 heteroatoms. The fourth-order valence-corrected chi connectivity index (χ4v) is 1.65. The molecule has 0 aliphatic rings. The summed E-state index contributed by atoms with van der Waals surface area (Å²) in [5.74, 6) is 0.225. The van der Waals surface area contributed by atoms with E-state index in [-0.39, 0.29) is 24.4 Å². The molecule has 1 aromatic rings. The first kappa shape index (κ1) is 16.9. The molecule has 0 aromatic heterocycles. The summed E-state index contributed by atoms with van der Waals surface area (Å²) < 4.78 is 5.02. The molecule has 0 fully saturated rings. The third-order valence-corrected chi connectivity index (χ3v) is 2.52. The van der Waals surface area contributed by atoms with E-state index in [0.717, 1.165) is 24.8 Å². The summed E-state index contributed by atoms with van der Waals surface area (Å²) in [6, 6.07) is 7.32. The highest BCUT2D eigenvalue weighted by Crippen LogP contribution is 2.21. The molecule has 18 heavy (non-hydrogen) atoms. The molecule has 4 nitrogen and oxygen atoms in total. The molecule has 0 aliphatic heterocycles. The van der Waals surface area contributed by atoms with Gasteiger partial charge in [-0.1, -0.05) is 18.6 Å². The van der Waals surface area contributed by atoms with Crippen LogP contribution in [0.25, 0.3) is 0 Å². The molecule has 0 spiro atoms. The molecule has 1 aromatic carbocycles. The van der Waals surface area contributed by atoms with E-state index in [1.807, 2.05) is 18.2 Å². The van der Waals surface area contributed by atoms with Crippen molar-refractivity contribution in [3.63, 3.8) is 0 Å². The van der Waals surface area contributed by atoms with Crippen LogP contribution < -0.4 is 16.2 Å². The van der Waals surface area contributed by atoms with Gasteiger partial charge in [-0.3, -0.25) is 4.79 Å². The summed E-state index contributed by atoms with van der Waals surface area (Å²) in [5, 5.41) is 0. The molecule has 0 unspecified atom stereocenters. The number of benzene rings is 1. The minimum Gasteiger partial charge on any atom is -0.427 e. The van der Waals surface area contributed by atoms with Crippen LogP contribution >= 0.6 is 12.4 Å². The van der Waals surface area contributed by atoms with Gasteiger partial charge in [0.25, 0.3) is 0 Å². The molecule has 0 saturated heterocycles. The average molecular weight is 273 g/mol. The van der Waals surface area contributed by atoms with Gasteiger partial charge in [0.1, 0.15) is 5.75 Å². The second-order valence-corrected chi connectivity index (χ2v) is 4.06. The topological polar surface area (TPSA) is 78.3 Å². The molecular formula is C13H21ClN2O2. The second-order valence-electron chi connectivity index (χ2n) is 4.06. The molecule has 1 atom stereocenters. The third-order valence-electron chi connectivity index (χ3n) is 2.52. The van der Waals surface area contributed by atoms with Crippen LogP contribution in [-0.4, -0.2) is 12.5 Å². The smallest absolute Gasteiger partial charge is 0.308 e. The van der Waals surface area contributed by atoms with Crippen LogP contribution in [0, 0.1) is 0 Å². The van der Waals surface area contributed by atoms with Crippen molar-refractivity contribution < 1.29 is 9.53 Å². The van der Waals surface area contributed by atoms with Gasteiger partial charge in [-0.15, -0.1) is 12.4 Å². The fraction of sp³-hybridized carbons (Fsp3) is 0.462. The van der Waals surface area contributed by atoms with Gasteiger partial charge in [-0.05, 0) is 37.1 Å². The molecule has 102 valence electrons. The molecule has 0 heterocycles. The van der Waals surface area contributed by atoms with Gasteiger partial charge in [-0.2, -0.15) is 0 Å². The van der Waals surface area contributed by atoms with Crippen LogP contribution in [0.1, 0.15) is 37.8 Å². The number of carbonyl (C=O) groups excluding carboxylic acids is 1. The first-order chi connectivity index (χ1) is 8.13. The number of esters is 1. The minimum atomic E-state index is -0.321. The van der Waals surface area contributed by atoms with Crippen molar-refractivity contribution >= 4 is 18.4 Å². The molecular weight excluding hydrogens is 252 g/mol. The van der Waals surface area contributed by atoms with Crippen molar-refractivity contribution in [2.75, 3.05) is 6.54 Å². The van der Waals surface area contributed by atoms with Crippen molar-refractivity contribution in [1.82, 2.24) is 0 Å². The lowest BCUT2D eigenvalue weighted by molar-refractivity contribution is -0.131. The summed E-state index contributed by atoms with van der Waals surface area (Å²) in [6.07, 6.45) is 2.88. The van der Waals surface area contributed by atoms with E-state index in [4.69, 9.17) is 16.2 Å². The number of unbranched alkanes of at least 4 members (excludes halogenated alkanes) is 1. The molecule has 0 bridgehead atoms. The van der Waals surface area contributed by atoms with Crippen molar-refractivity contribution in [3.05, 3.63) is 29.8 Å². The largest absolute Gasteiger partial charge is 0.427 e. The summed E-state index contributed by atoms with van der Waals surface area (Å²) in [4.78, 5) is 10.8. The number of ether oxygens (including phenoxy) is 1. The monoisotopic (exact) mass is 272 g/mol. The SMILES string of the molecule is CC(=O)Oc1cccc([C@H](N)CCCCN)c1.Cl. The fourth-order valence-electron chi connectivity index (χ4n) is 1.65. The van der Waals surface area contributed by atoms with Gasteiger partial charge in [0.15, 0.2) is 0 Å². The van der Waals surface area contributed by atoms with Gasteiger partial charge in [0.2, 0.25) is 0 Å². The summed E-state index contributed by atoms with van der Waals surface area (Å²) >= 11 is 0. The zero-order chi connectivity index (χ0) is 12.7. The molecule has 4 N–H and O–H groups in total. The number of halogens is 1. The van der Waals surface area contributed by atoms with Crippen LogP contribution in [0.15, 0.2) is 24.3 Å². The molecule has 0 saturated carbocycles.